The standard InChI is InChI=1S/C27H22BrF3N4O7S/c1-12(36)39-11-22-25(40-13(2)37)24(35-10-21(33-34-35)16-6-19(29)23(31)20(30)7-16)26(41-14(3)38)27(42-22)43-17-5-4-15(9-32)18(28)8-17/h4-8,10,22,24-27H,11H2,1-3H3. The first-order valence-electron chi connectivity index (χ1n) is 12.4. The monoisotopic (exact) mass is 682 g/mol. The van der Waals surface area contributed by atoms with Crippen molar-refractivity contribution in [1.82, 2.24) is 15.0 Å². The van der Waals surface area contributed by atoms with Crippen molar-refractivity contribution in [2.45, 2.75) is 55.5 Å². The zero-order valence-electron chi connectivity index (χ0n) is 22.6. The molecule has 5 atom stereocenters. The van der Waals surface area contributed by atoms with Crippen molar-refractivity contribution in [2.75, 3.05) is 6.61 Å². The number of nitriles is 1. The molecule has 11 nitrogen and oxygen atoms in total. The first-order chi connectivity index (χ1) is 20.4. The van der Waals surface area contributed by atoms with Gasteiger partial charge in [0.2, 0.25) is 0 Å². The van der Waals surface area contributed by atoms with Crippen LogP contribution < -0.4 is 0 Å². The van der Waals surface area contributed by atoms with Gasteiger partial charge in [0.05, 0.1) is 11.8 Å². The van der Waals surface area contributed by atoms with Gasteiger partial charge in [-0.1, -0.05) is 17.0 Å². The average Bonchev–Trinajstić information content (AvgIpc) is 3.41. The van der Waals surface area contributed by atoms with E-state index in [1.54, 1.807) is 18.2 Å². The van der Waals surface area contributed by atoms with Crippen LogP contribution in [-0.4, -0.2) is 63.3 Å². The van der Waals surface area contributed by atoms with Crippen molar-refractivity contribution in [1.29, 1.82) is 5.26 Å². The molecule has 1 aromatic heterocycles. The van der Waals surface area contributed by atoms with E-state index in [4.69, 9.17) is 18.9 Å². The average molecular weight is 683 g/mol. The molecular formula is C27H22BrF3N4O7S. The Bertz CT molecular complexity index is 1580. The molecule has 2 aromatic carbocycles. The fourth-order valence-corrected chi connectivity index (χ4v) is 6.10. The van der Waals surface area contributed by atoms with Gasteiger partial charge in [-0.05, 0) is 46.3 Å². The molecule has 0 spiro atoms. The second-order valence-electron chi connectivity index (χ2n) is 9.19. The van der Waals surface area contributed by atoms with Crippen LogP contribution in [0, 0.1) is 28.8 Å². The summed E-state index contributed by atoms with van der Waals surface area (Å²) in [7, 11) is 0. The number of ether oxygens (including phenoxy) is 4. The van der Waals surface area contributed by atoms with Crippen LogP contribution in [0.4, 0.5) is 13.2 Å². The Morgan fingerprint density at radius 1 is 1.05 bits per heavy atom. The van der Waals surface area contributed by atoms with Crippen LogP contribution in [0.5, 0.6) is 0 Å². The number of nitrogens with zero attached hydrogens (tertiary/aromatic N) is 4. The minimum absolute atomic E-state index is 0.0794. The lowest BCUT2D eigenvalue weighted by Gasteiger charge is -2.44. The van der Waals surface area contributed by atoms with E-state index < -0.39 is 65.1 Å². The zero-order chi connectivity index (χ0) is 31.4. The highest BCUT2D eigenvalue weighted by Crippen LogP contribution is 2.42. The van der Waals surface area contributed by atoms with Crippen LogP contribution in [0.25, 0.3) is 11.3 Å². The largest absolute Gasteiger partial charge is 0.463 e. The van der Waals surface area contributed by atoms with Crippen LogP contribution >= 0.6 is 27.7 Å². The van der Waals surface area contributed by atoms with Gasteiger partial charge in [-0.15, -0.1) is 5.10 Å². The molecule has 3 aromatic rings. The number of halogens is 4. The summed E-state index contributed by atoms with van der Waals surface area (Å²) in [5.41, 5.74) is -0.888. The van der Waals surface area contributed by atoms with Crippen molar-refractivity contribution in [3.8, 4) is 17.3 Å². The van der Waals surface area contributed by atoms with Crippen LogP contribution in [0.2, 0.25) is 0 Å². The summed E-state index contributed by atoms with van der Waals surface area (Å²) >= 11 is 4.42. The Morgan fingerprint density at radius 2 is 1.70 bits per heavy atom. The third kappa shape index (κ3) is 7.53. The Hall–Kier alpha value is -3.94. The van der Waals surface area contributed by atoms with Gasteiger partial charge >= 0.3 is 17.9 Å². The van der Waals surface area contributed by atoms with Gasteiger partial charge in [0.1, 0.15) is 36.0 Å². The minimum Gasteiger partial charge on any atom is -0.463 e. The number of hydrogen-bond donors (Lipinski definition) is 0. The SMILES string of the molecule is CC(=O)OCC1OC(Sc2ccc(C#N)c(Br)c2)C(OC(C)=O)C(n2cc(-c3cc(F)c(F)c(F)c3)nn2)C1OC(C)=O. The van der Waals surface area contributed by atoms with Crippen molar-refractivity contribution in [3.63, 3.8) is 0 Å². The van der Waals surface area contributed by atoms with Gasteiger partial charge in [-0.25, -0.2) is 17.9 Å². The number of thioether (sulfide) groups is 1. The predicted octanol–water partition coefficient (Wildman–Crippen LogP) is 4.48. The van der Waals surface area contributed by atoms with Crippen molar-refractivity contribution < 1.29 is 46.5 Å². The molecule has 0 radical (unpaired) electrons. The zero-order valence-corrected chi connectivity index (χ0v) is 25.0. The van der Waals surface area contributed by atoms with Crippen LogP contribution in [0.1, 0.15) is 32.4 Å². The maximum Gasteiger partial charge on any atom is 0.303 e. The fraction of sp³-hybridized carbons (Fsp3) is 0.333. The van der Waals surface area contributed by atoms with Crippen LogP contribution in [0.3, 0.4) is 0 Å². The highest BCUT2D eigenvalue weighted by molar-refractivity contribution is 9.10. The molecular weight excluding hydrogens is 661 g/mol. The normalized spacial score (nSPS) is 21.5. The van der Waals surface area contributed by atoms with Crippen molar-refractivity contribution in [2.24, 2.45) is 0 Å². The van der Waals surface area contributed by atoms with E-state index in [0.29, 0.717) is 14.9 Å². The molecule has 0 N–H and O–H groups in total. The molecule has 16 heteroatoms. The highest BCUT2D eigenvalue weighted by atomic mass is 79.9. The summed E-state index contributed by atoms with van der Waals surface area (Å²) < 4.78 is 65.8. The van der Waals surface area contributed by atoms with E-state index in [0.717, 1.165) is 37.7 Å². The summed E-state index contributed by atoms with van der Waals surface area (Å²) in [5.74, 6) is -6.68. The van der Waals surface area contributed by atoms with Crippen LogP contribution in [0.15, 0.2) is 45.9 Å². The quantitative estimate of drug-likeness (QED) is 0.188. The van der Waals surface area contributed by atoms with E-state index in [1.807, 2.05) is 6.07 Å². The van der Waals surface area contributed by atoms with E-state index in [9.17, 15) is 32.8 Å². The Labute approximate surface area is 255 Å². The molecule has 4 rings (SSSR count). The first-order valence-corrected chi connectivity index (χ1v) is 14.1. The van der Waals surface area contributed by atoms with Gasteiger partial charge in [0.15, 0.2) is 29.7 Å². The number of hydrogen-bond acceptors (Lipinski definition) is 11. The summed E-state index contributed by atoms with van der Waals surface area (Å²) in [4.78, 5) is 36.8. The van der Waals surface area contributed by atoms with E-state index in [-0.39, 0.29) is 17.9 Å². The lowest BCUT2D eigenvalue weighted by molar-refractivity contribution is -0.212. The minimum atomic E-state index is -1.66. The van der Waals surface area contributed by atoms with Gasteiger partial charge in [-0.3, -0.25) is 14.4 Å². The second-order valence-corrected chi connectivity index (χ2v) is 11.2. The van der Waals surface area contributed by atoms with E-state index >= 15 is 0 Å². The molecule has 1 aliphatic heterocycles. The van der Waals surface area contributed by atoms with Gasteiger partial charge in [0.25, 0.3) is 0 Å². The first kappa shape index (κ1) is 32.0. The number of rotatable bonds is 8. The second kappa shape index (κ2) is 13.6. The number of benzene rings is 2. The topological polar surface area (TPSA) is 143 Å². The molecule has 226 valence electrons. The van der Waals surface area contributed by atoms with Gasteiger partial charge < -0.3 is 18.9 Å². The maximum absolute atomic E-state index is 14.0. The fourth-order valence-electron chi connectivity index (χ4n) is 4.33. The summed E-state index contributed by atoms with van der Waals surface area (Å²) in [6, 6.07) is 7.18. The molecule has 1 saturated heterocycles. The molecule has 0 saturated carbocycles. The summed E-state index contributed by atoms with van der Waals surface area (Å²) in [6.07, 6.45) is -2.37. The Morgan fingerprint density at radius 3 is 2.28 bits per heavy atom. The maximum atomic E-state index is 14.0. The van der Waals surface area contributed by atoms with Gasteiger partial charge in [-0.2, -0.15) is 5.26 Å². The molecule has 0 amide bonds. The molecule has 2 heterocycles. The van der Waals surface area contributed by atoms with E-state index in [1.165, 1.54) is 17.8 Å². The Kier molecular flexibility index (Phi) is 10.1. The van der Waals surface area contributed by atoms with Crippen LogP contribution in [-0.2, 0) is 33.3 Å². The predicted molar refractivity (Wildman–Crippen MR) is 145 cm³/mol. The van der Waals surface area contributed by atoms with Crippen molar-refractivity contribution in [3.05, 3.63) is 64.0 Å². The van der Waals surface area contributed by atoms with E-state index in [2.05, 4.69) is 26.2 Å². The molecule has 0 bridgehead atoms. The number of aromatic nitrogens is 3. The molecule has 5 unspecified atom stereocenters. The Balaban J connectivity index is 1.82. The molecule has 0 aliphatic carbocycles. The lowest BCUT2D eigenvalue weighted by Crippen LogP contribution is -2.57. The molecule has 43 heavy (non-hydrogen) atoms. The van der Waals surface area contributed by atoms with Crippen molar-refractivity contribution >= 4 is 45.6 Å². The molecule has 1 aliphatic rings. The van der Waals surface area contributed by atoms with Gasteiger partial charge in [0, 0.05) is 35.7 Å². The lowest BCUT2D eigenvalue weighted by atomic mass is 9.96. The highest BCUT2D eigenvalue weighted by Gasteiger charge is 2.52. The summed E-state index contributed by atoms with van der Waals surface area (Å²) in [6.45, 7) is 3.08. The number of carbonyl (C=O) groups excluding carboxylic acids is 3. The number of carbonyl (C=O) groups is 3. The third-order valence-electron chi connectivity index (χ3n) is 6.08. The summed E-state index contributed by atoms with van der Waals surface area (Å²) in [5, 5.41) is 17.3. The third-order valence-corrected chi connectivity index (χ3v) is 7.87. The number of esters is 3. The smallest absolute Gasteiger partial charge is 0.303 e. The molecule has 1 fully saturated rings.